The van der Waals surface area contributed by atoms with Crippen LogP contribution in [0.2, 0.25) is 0 Å². The van der Waals surface area contributed by atoms with Crippen molar-refractivity contribution in [1.29, 1.82) is 0 Å². The van der Waals surface area contributed by atoms with Crippen LogP contribution in [0.1, 0.15) is 24.8 Å². The maximum atomic E-state index is 13.0. The van der Waals surface area contributed by atoms with Crippen molar-refractivity contribution in [2.75, 3.05) is 13.1 Å². The zero-order valence-corrected chi connectivity index (χ0v) is 22.4. The maximum absolute atomic E-state index is 13.0. The number of nitrogens with one attached hydrogen (secondary N) is 2. The molecule has 196 valence electrons. The number of quaternary nitrogens is 2. The van der Waals surface area contributed by atoms with Gasteiger partial charge in [0.25, 0.3) is 0 Å². The molecule has 3 aromatic carbocycles. The quantitative estimate of drug-likeness (QED) is 0.211. The Bertz CT molecular complexity index is 1370. The molecule has 1 atom stereocenters. The highest BCUT2D eigenvalue weighted by Crippen LogP contribution is 2.28. The standard InChI is InChI=1S/C27H27N3O4S.2ClH/c31-27(32)26(17-21-18-28-25-6-2-1-5-24(21)25)29-35(33,34)23-13-9-20(10-14-23)19-7-11-22(12-8-19)30-15-3-4-16-30;;/h1-2,5-14,18,26,28-29H,3-4,15-17H2,(H,31,32);2*1H/t26-;;/m1../s1. The Morgan fingerprint density at radius 3 is 2.14 bits per heavy atom. The third-order valence-corrected chi connectivity index (χ3v) is 8.28. The topological polar surface area (TPSA) is 105 Å². The first-order valence-electron chi connectivity index (χ1n) is 11.8. The van der Waals surface area contributed by atoms with Crippen molar-refractivity contribution < 1.29 is 53.3 Å². The molecule has 7 nitrogen and oxygen atoms in total. The van der Waals surface area contributed by atoms with Gasteiger partial charge < -0.3 is 34.8 Å². The lowest BCUT2D eigenvalue weighted by Crippen LogP contribution is -3.04. The van der Waals surface area contributed by atoms with Gasteiger partial charge in [0.05, 0.1) is 18.0 Å². The fourth-order valence-electron chi connectivity index (χ4n) is 4.86. The summed E-state index contributed by atoms with van der Waals surface area (Å²) in [5.74, 6) is -1.21. The Hall–Kier alpha value is -2.72. The predicted octanol–water partition coefficient (Wildman–Crippen LogP) is -3.96. The number of hydrogen-bond donors (Lipinski definition) is 4. The van der Waals surface area contributed by atoms with E-state index in [0.717, 1.165) is 41.0 Å². The van der Waals surface area contributed by atoms with Crippen molar-refractivity contribution in [2.45, 2.75) is 30.2 Å². The molecule has 0 aliphatic carbocycles. The molecule has 0 unspecified atom stereocenters. The monoisotopic (exact) mass is 561 g/mol. The number of rotatable bonds is 8. The van der Waals surface area contributed by atoms with Crippen LogP contribution in [0.25, 0.3) is 16.7 Å². The second-order valence-corrected chi connectivity index (χ2v) is 10.8. The SMILES string of the molecule is O=C(O)[C@@H](CC1=C[NH2+]c2ccccc21)NS(=O)(=O)c1ccc(-c2ccc([NH+]3CCCC3)cc2)cc1.[Cl-].[Cl-]. The lowest BCUT2D eigenvalue weighted by molar-refractivity contribution is -0.818. The van der Waals surface area contributed by atoms with Gasteiger partial charge >= 0.3 is 5.97 Å². The minimum absolute atomic E-state index is 0. The number of halogens is 2. The summed E-state index contributed by atoms with van der Waals surface area (Å²) in [5.41, 5.74) is 5.93. The molecule has 0 bridgehead atoms. The summed E-state index contributed by atoms with van der Waals surface area (Å²) >= 11 is 0. The number of hydrogen-bond acceptors (Lipinski definition) is 3. The fraction of sp³-hybridized carbons (Fsp3) is 0.222. The summed E-state index contributed by atoms with van der Waals surface area (Å²) in [6, 6.07) is 21.3. The minimum atomic E-state index is -4.01. The summed E-state index contributed by atoms with van der Waals surface area (Å²) in [6.07, 6.45) is 4.42. The van der Waals surface area contributed by atoms with Gasteiger partial charge in [0, 0.05) is 36.5 Å². The smallest absolute Gasteiger partial charge is 0.322 e. The number of sulfonamides is 1. The maximum Gasteiger partial charge on any atom is 0.322 e. The molecule has 2 aliphatic heterocycles. The van der Waals surface area contributed by atoms with Crippen LogP contribution in [-0.4, -0.2) is 38.6 Å². The molecule has 0 amide bonds. The Labute approximate surface area is 229 Å². The van der Waals surface area contributed by atoms with E-state index < -0.39 is 22.0 Å². The van der Waals surface area contributed by atoms with Crippen molar-refractivity contribution in [3.8, 4) is 11.1 Å². The first-order valence-corrected chi connectivity index (χ1v) is 13.3. The molecule has 2 aliphatic rings. The van der Waals surface area contributed by atoms with Crippen LogP contribution in [-0.2, 0) is 14.8 Å². The van der Waals surface area contributed by atoms with Crippen molar-refractivity contribution in [3.63, 3.8) is 0 Å². The van der Waals surface area contributed by atoms with Crippen molar-refractivity contribution >= 4 is 32.9 Å². The zero-order valence-electron chi connectivity index (χ0n) is 20.0. The summed E-state index contributed by atoms with van der Waals surface area (Å²) in [6.45, 7) is 2.33. The number of para-hydroxylation sites is 1. The highest BCUT2D eigenvalue weighted by molar-refractivity contribution is 7.89. The molecular weight excluding hydrogens is 533 g/mol. The van der Waals surface area contributed by atoms with Crippen molar-refractivity contribution in [2.24, 2.45) is 0 Å². The molecule has 0 radical (unpaired) electrons. The van der Waals surface area contributed by atoms with Gasteiger partial charge in [0.2, 0.25) is 10.0 Å². The van der Waals surface area contributed by atoms with Crippen LogP contribution in [0.5, 0.6) is 0 Å². The molecule has 0 spiro atoms. The van der Waals surface area contributed by atoms with Crippen molar-refractivity contribution in [1.82, 2.24) is 4.72 Å². The third-order valence-electron chi connectivity index (χ3n) is 6.79. The largest absolute Gasteiger partial charge is 1.00 e. The predicted molar refractivity (Wildman–Crippen MR) is 134 cm³/mol. The minimum Gasteiger partial charge on any atom is -1.00 e. The lowest BCUT2D eigenvalue weighted by atomic mass is 10.0. The van der Waals surface area contributed by atoms with Gasteiger partial charge in [-0.25, -0.2) is 8.42 Å². The molecule has 1 saturated heterocycles. The van der Waals surface area contributed by atoms with Crippen LogP contribution >= 0.6 is 0 Å². The fourth-order valence-corrected chi connectivity index (χ4v) is 6.05. The van der Waals surface area contributed by atoms with Gasteiger partial charge in [-0.15, -0.1) is 0 Å². The highest BCUT2D eigenvalue weighted by Gasteiger charge is 2.29. The number of fused-ring (bicyclic) bond motifs is 1. The average molecular weight is 563 g/mol. The second-order valence-electron chi connectivity index (χ2n) is 9.07. The van der Waals surface area contributed by atoms with E-state index in [0.29, 0.717) is 0 Å². The first-order chi connectivity index (χ1) is 16.9. The van der Waals surface area contributed by atoms with Crippen LogP contribution in [0.15, 0.2) is 83.9 Å². The molecule has 37 heavy (non-hydrogen) atoms. The molecule has 2 heterocycles. The van der Waals surface area contributed by atoms with Crippen LogP contribution in [0.4, 0.5) is 11.4 Å². The Morgan fingerprint density at radius 1 is 0.919 bits per heavy atom. The molecule has 3 aromatic rings. The Balaban J connectivity index is 0.00000190. The van der Waals surface area contributed by atoms with Gasteiger partial charge in [-0.2, -0.15) is 4.72 Å². The van der Waals surface area contributed by atoms with Crippen LogP contribution < -0.4 is 39.8 Å². The summed E-state index contributed by atoms with van der Waals surface area (Å²) < 4.78 is 28.4. The van der Waals surface area contributed by atoms with Gasteiger partial charge in [-0.1, -0.05) is 24.3 Å². The molecule has 10 heteroatoms. The lowest BCUT2D eigenvalue weighted by Gasteiger charge is -2.15. The van der Waals surface area contributed by atoms with Crippen molar-refractivity contribution in [3.05, 3.63) is 84.6 Å². The van der Waals surface area contributed by atoms with E-state index in [-0.39, 0.29) is 36.1 Å². The van der Waals surface area contributed by atoms with E-state index in [2.05, 4.69) is 29.0 Å². The normalized spacial score (nSPS) is 15.7. The Kier molecular flexibility index (Phi) is 9.52. The highest BCUT2D eigenvalue weighted by atomic mass is 35.5. The number of nitrogens with two attached hydrogens (primary N) is 1. The molecule has 5 rings (SSSR count). The third kappa shape index (κ3) is 6.41. The molecule has 5 N–H and O–H groups in total. The summed E-state index contributed by atoms with van der Waals surface area (Å²) in [7, 11) is -4.01. The van der Waals surface area contributed by atoms with E-state index in [4.69, 9.17) is 0 Å². The van der Waals surface area contributed by atoms with Crippen LogP contribution in [0.3, 0.4) is 0 Å². The first kappa shape index (κ1) is 28.8. The second kappa shape index (κ2) is 12.2. The number of benzene rings is 3. The summed E-state index contributed by atoms with van der Waals surface area (Å²) in [4.78, 5) is 13.5. The molecule has 0 saturated carbocycles. The van der Waals surface area contributed by atoms with E-state index in [1.165, 1.54) is 35.6 Å². The van der Waals surface area contributed by atoms with E-state index in [9.17, 15) is 18.3 Å². The van der Waals surface area contributed by atoms with Crippen LogP contribution in [0, 0.1) is 0 Å². The molecular formula is C27H29Cl2N3O4S. The average Bonchev–Trinajstić information content (AvgIpc) is 3.55. The Morgan fingerprint density at radius 2 is 1.51 bits per heavy atom. The number of carboxylic acid groups (broad SMARTS) is 1. The number of aliphatic carboxylic acids is 1. The molecule has 0 aromatic heterocycles. The number of carbonyl (C=O) groups is 1. The van der Waals surface area contributed by atoms with E-state index in [1.807, 2.05) is 35.8 Å². The molecule has 1 fully saturated rings. The van der Waals surface area contributed by atoms with Gasteiger partial charge in [0.15, 0.2) is 0 Å². The van der Waals surface area contributed by atoms with Gasteiger partial charge in [-0.05, 0) is 53.6 Å². The van der Waals surface area contributed by atoms with E-state index >= 15 is 0 Å². The summed E-state index contributed by atoms with van der Waals surface area (Å²) in [5, 5.41) is 11.6. The van der Waals surface area contributed by atoms with E-state index in [1.54, 1.807) is 12.1 Å². The van der Waals surface area contributed by atoms with Gasteiger partial charge in [-0.3, -0.25) is 10.1 Å². The zero-order chi connectivity index (χ0) is 24.4. The van der Waals surface area contributed by atoms with Gasteiger partial charge in [0.1, 0.15) is 23.6 Å². The number of carboxylic acids is 1.